The van der Waals surface area contributed by atoms with Gasteiger partial charge in [-0.15, -0.1) is 0 Å². The Morgan fingerprint density at radius 2 is 2.00 bits per heavy atom. The average Bonchev–Trinajstić information content (AvgIpc) is 3.03. The predicted molar refractivity (Wildman–Crippen MR) is 84.2 cm³/mol. The summed E-state index contributed by atoms with van der Waals surface area (Å²) in [5.41, 5.74) is 4.55. The lowest BCUT2D eigenvalue weighted by Crippen LogP contribution is -2.03. The maximum Gasteiger partial charge on any atom is 0.226 e. The summed E-state index contributed by atoms with van der Waals surface area (Å²) in [6.45, 7) is 2.52. The standard InChI is InChI=1S/C17H17N3O2/c1-12-2-4-13(5-3-12)17-20-15(11-22-17)8-19-16-9-18-7-6-14(16)10-21/h2-7,9,11,19,21H,8,10H2,1H3. The zero-order chi connectivity index (χ0) is 15.4. The number of aliphatic hydroxyl groups is 1. The highest BCUT2D eigenvalue weighted by Crippen LogP contribution is 2.20. The van der Waals surface area contributed by atoms with E-state index in [4.69, 9.17) is 4.42 Å². The first kappa shape index (κ1) is 14.3. The second kappa shape index (κ2) is 6.41. The summed E-state index contributed by atoms with van der Waals surface area (Å²) in [4.78, 5) is 8.52. The number of rotatable bonds is 5. The summed E-state index contributed by atoms with van der Waals surface area (Å²) >= 11 is 0. The third-order valence-electron chi connectivity index (χ3n) is 3.39. The number of benzene rings is 1. The Labute approximate surface area is 128 Å². The number of aryl methyl sites for hydroxylation is 1. The maximum absolute atomic E-state index is 9.29. The summed E-state index contributed by atoms with van der Waals surface area (Å²) in [5.74, 6) is 0.602. The first-order valence-electron chi connectivity index (χ1n) is 7.05. The molecule has 0 aliphatic carbocycles. The number of nitrogens with zero attached hydrogens (tertiary/aromatic N) is 2. The highest BCUT2D eigenvalue weighted by atomic mass is 16.3. The van der Waals surface area contributed by atoms with Crippen LogP contribution in [0.3, 0.4) is 0 Å². The normalized spacial score (nSPS) is 10.6. The minimum Gasteiger partial charge on any atom is -0.444 e. The summed E-state index contributed by atoms with van der Waals surface area (Å²) < 4.78 is 5.52. The SMILES string of the molecule is Cc1ccc(-c2nc(CNc3cnccc3CO)co2)cc1. The third kappa shape index (κ3) is 3.15. The van der Waals surface area contributed by atoms with Gasteiger partial charge in [-0.1, -0.05) is 17.7 Å². The van der Waals surface area contributed by atoms with E-state index < -0.39 is 0 Å². The molecule has 0 aliphatic heterocycles. The molecule has 0 unspecified atom stereocenters. The van der Waals surface area contributed by atoms with Crippen LogP contribution in [0, 0.1) is 6.92 Å². The van der Waals surface area contributed by atoms with E-state index in [1.807, 2.05) is 31.2 Å². The molecule has 0 aliphatic rings. The van der Waals surface area contributed by atoms with Crippen molar-refractivity contribution in [2.45, 2.75) is 20.1 Å². The molecule has 0 fully saturated rings. The van der Waals surface area contributed by atoms with Gasteiger partial charge in [0.1, 0.15) is 6.26 Å². The Morgan fingerprint density at radius 1 is 1.18 bits per heavy atom. The minimum absolute atomic E-state index is 0.0295. The van der Waals surface area contributed by atoms with Crippen LogP contribution in [0.2, 0.25) is 0 Å². The van der Waals surface area contributed by atoms with Crippen molar-refractivity contribution in [3.8, 4) is 11.5 Å². The van der Waals surface area contributed by atoms with Crippen molar-refractivity contribution in [1.29, 1.82) is 0 Å². The fourth-order valence-corrected chi connectivity index (χ4v) is 2.12. The molecule has 0 saturated carbocycles. The van der Waals surface area contributed by atoms with Gasteiger partial charge in [0.2, 0.25) is 5.89 Å². The number of aromatic nitrogens is 2. The van der Waals surface area contributed by atoms with E-state index in [-0.39, 0.29) is 6.61 Å². The lowest BCUT2D eigenvalue weighted by Gasteiger charge is -2.07. The molecule has 0 atom stereocenters. The van der Waals surface area contributed by atoms with Crippen molar-refractivity contribution >= 4 is 5.69 Å². The van der Waals surface area contributed by atoms with Gasteiger partial charge >= 0.3 is 0 Å². The van der Waals surface area contributed by atoms with Crippen LogP contribution in [0.5, 0.6) is 0 Å². The van der Waals surface area contributed by atoms with E-state index in [1.54, 1.807) is 24.7 Å². The molecule has 5 heteroatoms. The van der Waals surface area contributed by atoms with Crippen molar-refractivity contribution in [2.75, 3.05) is 5.32 Å². The first-order chi connectivity index (χ1) is 10.8. The molecule has 0 spiro atoms. The van der Waals surface area contributed by atoms with Crippen molar-refractivity contribution in [3.05, 3.63) is 65.8 Å². The van der Waals surface area contributed by atoms with Crippen molar-refractivity contribution < 1.29 is 9.52 Å². The van der Waals surface area contributed by atoms with E-state index in [2.05, 4.69) is 15.3 Å². The summed E-state index contributed by atoms with van der Waals surface area (Å²) in [7, 11) is 0. The molecule has 5 nitrogen and oxygen atoms in total. The Morgan fingerprint density at radius 3 is 2.77 bits per heavy atom. The third-order valence-corrected chi connectivity index (χ3v) is 3.39. The number of pyridine rings is 1. The molecule has 2 aromatic heterocycles. The largest absolute Gasteiger partial charge is 0.444 e. The molecule has 112 valence electrons. The molecule has 2 heterocycles. The summed E-state index contributed by atoms with van der Waals surface area (Å²) in [6, 6.07) is 9.82. The van der Waals surface area contributed by atoms with Gasteiger partial charge in [0.05, 0.1) is 30.7 Å². The molecular formula is C17H17N3O2. The number of nitrogens with one attached hydrogen (secondary N) is 1. The van der Waals surface area contributed by atoms with E-state index in [0.717, 1.165) is 22.5 Å². The summed E-state index contributed by atoms with van der Waals surface area (Å²) in [5, 5.41) is 12.5. The van der Waals surface area contributed by atoms with Gasteiger partial charge in [-0.05, 0) is 25.1 Å². The Bertz CT molecular complexity index is 751. The van der Waals surface area contributed by atoms with Gasteiger partial charge in [0, 0.05) is 17.3 Å². The Kier molecular flexibility index (Phi) is 4.16. The molecule has 3 rings (SSSR count). The summed E-state index contributed by atoms with van der Waals surface area (Å²) in [6.07, 6.45) is 4.98. The molecule has 22 heavy (non-hydrogen) atoms. The highest BCUT2D eigenvalue weighted by Gasteiger charge is 2.07. The molecule has 2 N–H and O–H groups in total. The molecule has 0 bridgehead atoms. The zero-order valence-corrected chi connectivity index (χ0v) is 12.3. The topological polar surface area (TPSA) is 71.2 Å². The quantitative estimate of drug-likeness (QED) is 0.756. The van der Waals surface area contributed by atoms with Crippen LogP contribution in [0.15, 0.2) is 53.4 Å². The van der Waals surface area contributed by atoms with Crippen LogP contribution in [0.4, 0.5) is 5.69 Å². The van der Waals surface area contributed by atoms with Crippen molar-refractivity contribution in [3.63, 3.8) is 0 Å². The maximum atomic E-state index is 9.29. The number of hydrogen-bond donors (Lipinski definition) is 2. The van der Waals surface area contributed by atoms with Crippen LogP contribution in [0.1, 0.15) is 16.8 Å². The van der Waals surface area contributed by atoms with E-state index in [1.165, 1.54) is 5.56 Å². The number of aliphatic hydroxyl groups excluding tert-OH is 1. The molecule has 1 aromatic carbocycles. The molecule has 0 saturated heterocycles. The van der Waals surface area contributed by atoms with Crippen LogP contribution in [-0.4, -0.2) is 15.1 Å². The number of hydrogen-bond acceptors (Lipinski definition) is 5. The average molecular weight is 295 g/mol. The van der Waals surface area contributed by atoms with Crippen LogP contribution in [0.25, 0.3) is 11.5 Å². The lowest BCUT2D eigenvalue weighted by atomic mass is 10.1. The van der Waals surface area contributed by atoms with Gasteiger partial charge in [-0.25, -0.2) is 4.98 Å². The van der Waals surface area contributed by atoms with E-state index in [0.29, 0.717) is 12.4 Å². The van der Waals surface area contributed by atoms with Crippen molar-refractivity contribution in [2.24, 2.45) is 0 Å². The predicted octanol–water partition coefficient (Wildman–Crippen LogP) is 3.15. The molecular weight excluding hydrogens is 278 g/mol. The Hall–Kier alpha value is -2.66. The van der Waals surface area contributed by atoms with Gasteiger partial charge in [0.15, 0.2) is 0 Å². The van der Waals surface area contributed by atoms with E-state index in [9.17, 15) is 5.11 Å². The van der Waals surface area contributed by atoms with Crippen LogP contribution < -0.4 is 5.32 Å². The second-order valence-electron chi connectivity index (χ2n) is 5.05. The fraction of sp³-hybridized carbons (Fsp3) is 0.176. The Balaban J connectivity index is 1.71. The molecule has 3 aromatic rings. The van der Waals surface area contributed by atoms with Crippen molar-refractivity contribution in [1.82, 2.24) is 9.97 Å². The van der Waals surface area contributed by atoms with E-state index >= 15 is 0 Å². The van der Waals surface area contributed by atoms with Gasteiger partial charge in [0.25, 0.3) is 0 Å². The minimum atomic E-state index is -0.0295. The van der Waals surface area contributed by atoms with Gasteiger partial charge < -0.3 is 14.8 Å². The van der Waals surface area contributed by atoms with Gasteiger partial charge in [-0.2, -0.15) is 0 Å². The smallest absolute Gasteiger partial charge is 0.226 e. The van der Waals surface area contributed by atoms with Crippen LogP contribution >= 0.6 is 0 Å². The molecule has 0 radical (unpaired) electrons. The second-order valence-corrected chi connectivity index (χ2v) is 5.05. The number of anilines is 1. The van der Waals surface area contributed by atoms with Crippen LogP contribution in [-0.2, 0) is 13.2 Å². The molecule has 0 amide bonds. The van der Waals surface area contributed by atoms with Gasteiger partial charge in [-0.3, -0.25) is 4.98 Å². The zero-order valence-electron chi connectivity index (χ0n) is 12.3. The first-order valence-corrected chi connectivity index (χ1v) is 7.05. The fourth-order valence-electron chi connectivity index (χ4n) is 2.12. The number of oxazole rings is 1. The lowest BCUT2D eigenvalue weighted by molar-refractivity contribution is 0.282. The monoisotopic (exact) mass is 295 g/mol. The highest BCUT2D eigenvalue weighted by molar-refractivity contribution is 5.54.